The number of hydrogen-bond donors (Lipinski definition) is 1. The van der Waals surface area contributed by atoms with Gasteiger partial charge in [-0.3, -0.25) is 0 Å². The molecule has 0 radical (unpaired) electrons. The van der Waals surface area contributed by atoms with E-state index in [9.17, 15) is 17.4 Å². The Morgan fingerprint density at radius 2 is 1.81 bits per heavy atom. The van der Waals surface area contributed by atoms with Gasteiger partial charge in [0.05, 0.1) is 0 Å². The van der Waals surface area contributed by atoms with Crippen LogP contribution in [-0.2, 0) is 11.1 Å². The van der Waals surface area contributed by atoms with E-state index >= 15 is 0 Å². The normalized spacial score (nSPS) is 12.6. The van der Waals surface area contributed by atoms with E-state index in [2.05, 4.69) is 4.74 Å². The third-order valence-electron chi connectivity index (χ3n) is 2.47. The molecule has 3 nitrogen and oxygen atoms in total. The molecule has 0 saturated carbocycles. The number of rotatable bonds is 3. The maximum absolute atomic E-state index is 12.0. The molecule has 110 valence electrons. The molecule has 0 aliphatic heterocycles. The summed E-state index contributed by atoms with van der Waals surface area (Å²) in [6.07, 6.45) is -4.72. The van der Waals surface area contributed by atoms with Crippen LogP contribution >= 0.6 is 11.3 Å². The first kappa shape index (κ1) is 18.7. The van der Waals surface area contributed by atoms with Crippen molar-refractivity contribution in [2.24, 2.45) is 0 Å². The Kier molecular flexibility index (Phi) is 6.45. The van der Waals surface area contributed by atoms with Crippen LogP contribution in [0.2, 0.25) is 0 Å². The van der Waals surface area contributed by atoms with Gasteiger partial charge in [-0.1, -0.05) is 12.1 Å². The van der Waals surface area contributed by atoms with Crippen LogP contribution in [0, 0.1) is 6.92 Å². The topological polar surface area (TPSA) is 46.5 Å². The molecule has 0 bridgehead atoms. The van der Waals surface area contributed by atoms with E-state index in [0.717, 1.165) is 4.88 Å². The van der Waals surface area contributed by atoms with E-state index in [0.29, 0.717) is 15.3 Å². The van der Waals surface area contributed by atoms with E-state index in [4.69, 9.17) is 4.55 Å². The predicted octanol–water partition coefficient (Wildman–Crippen LogP) is 3.55. The van der Waals surface area contributed by atoms with Crippen molar-refractivity contribution in [1.82, 2.24) is 0 Å². The molecule has 1 heterocycles. The zero-order valence-electron chi connectivity index (χ0n) is 10.1. The van der Waals surface area contributed by atoms with Crippen LogP contribution < -0.4 is 4.74 Å². The molecule has 1 unspecified atom stereocenters. The average molecular weight is 346 g/mol. The molecular weight excluding hydrogens is 336 g/mol. The second-order valence-electron chi connectivity index (χ2n) is 3.86. The fourth-order valence-electron chi connectivity index (χ4n) is 1.66. The summed E-state index contributed by atoms with van der Waals surface area (Å²) in [7, 11) is 0. The summed E-state index contributed by atoms with van der Waals surface area (Å²) in [5.41, 5.74) is 1.37. The van der Waals surface area contributed by atoms with Crippen LogP contribution in [0.4, 0.5) is 13.2 Å². The molecule has 1 N–H and O–H groups in total. The van der Waals surface area contributed by atoms with Gasteiger partial charge in [-0.2, -0.15) is 0 Å². The molecule has 0 fully saturated rings. The van der Waals surface area contributed by atoms with E-state index in [1.807, 2.05) is 0 Å². The molecule has 2 aromatic rings. The van der Waals surface area contributed by atoms with Gasteiger partial charge in [0.2, 0.25) is 0 Å². The summed E-state index contributed by atoms with van der Waals surface area (Å²) in [4.78, 5) is 0.812. The van der Waals surface area contributed by atoms with Crippen LogP contribution in [0.15, 0.2) is 34.5 Å². The second kappa shape index (κ2) is 7.26. The summed E-state index contributed by atoms with van der Waals surface area (Å²) in [5.74, 6) is -0.305. The number of benzene rings is 1. The monoisotopic (exact) mass is 346 g/mol. The SMILES string of the molecule is Cc1sc(S(=O)O)cc1-c1ccc(OC(F)(F)F)cc1.[NaH]. The Bertz CT molecular complexity index is 638. The summed E-state index contributed by atoms with van der Waals surface area (Å²) in [5, 5.41) is 0. The van der Waals surface area contributed by atoms with Crippen molar-refractivity contribution >= 4 is 52.0 Å². The van der Waals surface area contributed by atoms with Crippen molar-refractivity contribution in [3.05, 3.63) is 35.2 Å². The van der Waals surface area contributed by atoms with Gasteiger partial charge in [0, 0.05) is 4.88 Å². The summed E-state index contributed by atoms with van der Waals surface area (Å²) < 4.78 is 60.2. The molecule has 1 aromatic heterocycles. The standard InChI is InChI=1S/C12H9F3O3S2.Na.H/c1-7-10(6-11(19-7)20(16)17)8-2-4-9(5-3-8)18-12(13,14)15;;/h2-6H,1H3,(H,16,17);;. The van der Waals surface area contributed by atoms with Crippen molar-refractivity contribution in [2.45, 2.75) is 17.5 Å². The Hall–Kier alpha value is -0.380. The van der Waals surface area contributed by atoms with Gasteiger partial charge in [0.15, 0.2) is 11.1 Å². The van der Waals surface area contributed by atoms with Crippen LogP contribution in [0.25, 0.3) is 11.1 Å². The molecular formula is C12H10F3NaO3S2. The minimum atomic E-state index is -4.72. The Morgan fingerprint density at radius 1 is 1.24 bits per heavy atom. The molecule has 0 saturated heterocycles. The molecule has 0 amide bonds. The van der Waals surface area contributed by atoms with Crippen LogP contribution in [0.5, 0.6) is 5.75 Å². The molecule has 0 spiro atoms. The molecule has 1 atom stereocenters. The fourth-order valence-corrected chi connectivity index (χ4v) is 3.31. The first-order valence-electron chi connectivity index (χ1n) is 5.34. The number of aryl methyl sites for hydroxylation is 1. The zero-order chi connectivity index (χ0) is 14.9. The molecule has 21 heavy (non-hydrogen) atoms. The van der Waals surface area contributed by atoms with Gasteiger partial charge in [-0.05, 0) is 36.2 Å². The van der Waals surface area contributed by atoms with Crippen molar-refractivity contribution in [3.8, 4) is 16.9 Å². The van der Waals surface area contributed by atoms with Crippen LogP contribution in [0.1, 0.15) is 4.88 Å². The fraction of sp³-hybridized carbons (Fsp3) is 0.167. The Labute approximate surface area is 147 Å². The number of hydrogen-bond acceptors (Lipinski definition) is 3. The molecule has 0 aliphatic rings. The number of thiophene rings is 1. The molecule has 0 aliphatic carbocycles. The summed E-state index contributed by atoms with van der Waals surface area (Å²) in [6.45, 7) is 1.77. The predicted molar refractivity (Wildman–Crippen MR) is 77.4 cm³/mol. The van der Waals surface area contributed by atoms with E-state index < -0.39 is 17.4 Å². The van der Waals surface area contributed by atoms with Gasteiger partial charge in [-0.15, -0.1) is 24.5 Å². The van der Waals surface area contributed by atoms with Gasteiger partial charge in [-0.25, -0.2) is 4.21 Å². The van der Waals surface area contributed by atoms with E-state index in [-0.39, 0.29) is 35.3 Å². The minimum absolute atomic E-state index is 0. The third-order valence-corrected chi connectivity index (χ3v) is 4.45. The van der Waals surface area contributed by atoms with Gasteiger partial charge in [0.1, 0.15) is 9.96 Å². The van der Waals surface area contributed by atoms with Crippen molar-refractivity contribution in [1.29, 1.82) is 0 Å². The summed E-state index contributed by atoms with van der Waals surface area (Å²) >= 11 is -0.895. The van der Waals surface area contributed by atoms with Crippen molar-refractivity contribution in [3.63, 3.8) is 0 Å². The van der Waals surface area contributed by atoms with Gasteiger partial charge in [0.25, 0.3) is 0 Å². The summed E-state index contributed by atoms with van der Waals surface area (Å²) in [6, 6.07) is 6.90. The third kappa shape index (κ3) is 5.08. The van der Waals surface area contributed by atoms with E-state index in [1.54, 1.807) is 13.0 Å². The van der Waals surface area contributed by atoms with Crippen LogP contribution in [-0.4, -0.2) is 44.7 Å². The maximum atomic E-state index is 12.0. The Morgan fingerprint density at radius 3 is 2.24 bits per heavy atom. The number of ether oxygens (including phenoxy) is 1. The zero-order valence-corrected chi connectivity index (χ0v) is 11.7. The number of halogens is 3. The Balaban J connectivity index is 0.00000220. The average Bonchev–Trinajstić information content (AvgIpc) is 2.70. The van der Waals surface area contributed by atoms with Crippen molar-refractivity contribution < 1.29 is 26.7 Å². The van der Waals surface area contributed by atoms with E-state index in [1.165, 1.54) is 35.6 Å². The molecule has 2 rings (SSSR count). The quantitative estimate of drug-likeness (QED) is 0.683. The van der Waals surface area contributed by atoms with Gasteiger partial charge >= 0.3 is 35.9 Å². The van der Waals surface area contributed by atoms with Crippen molar-refractivity contribution in [2.75, 3.05) is 0 Å². The first-order chi connectivity index (χ1) is 9.26. The second-order valence-corrected chi connectivity index (χ2v) is 6.31. The molecule has 1 aromatic carbocycles. The van der Waals surface area contributed by atoms with Crippen LogP contribution in [0.3, 0.4) is 0 Å². The molecule has 9 heteroatoms. The van der Waals surface area contributed by atoms with Gasteiger partial charge < -0.3 is 9.29 Å². The first-order valence-corrected chi connectivity index (χ1v) is 7.26. The number of alkyl halides is 3.